The number of Topliss-reactive ketones (excluding diaryl/α,β-unsaturated/α-hetero) is 1. The van der Waals surface area contributed by atoms with Crippen molar-refractivity contribution in [1.82, 2.24) is 0 Å². The molecule has 2 aliphatic heterocycles. The molecule has 5 heteroatoms. The number of rotatable bonds is 4. The second-order valence-corrected chi connectivity index (χ2v) is 6.98. The number of quaternary nitrogens is 1. The molecule has 0 fully saturated rings. The fourth-order valence-electron chi connectivity index (χ4n) is 3.99. The van der Waals surface area contributed by atoms with Gasteiger partial charge in [-0.3, -0.25) is 4.79 Å². The third kappa shape index (κ3) is 3.03. The summed E-state index contributed by atoms with van der Waals surface area (Å²) in [4.78, 5) is 14.2. The number of fused-ring (bicyclic) bond motifs is 2. The second-order valence-electron chi connectivity index (χ2n) is 6.98. The number of hydrogen-bond donors (Lipinski definition) is 1. The van der Waals surface area contributed by atoms with Crippen LogP contribution in [0.3, 0.4) is 0 Å². The van der Waals surface area contributed by atoms with Crippen molar-refractivity contribution in [3.63, 3.8) is 0 Å². The van der Waals surface area contributed by atoms with E-state index in [0.29, 0.717) is 17.9 Å². The summed E-state index contributed by atoms with van der Waals surface area (Å²) >= 11 is 0. The van der Waals surface area contributed by atoms with Gasteiger partial charge in [-0.25, -0.2) is 0 Å². The molecular weight excluding hydrogens is 330 g/mol. The van der Waals surface area contributed by atoms with Gasteiger partial charge in [0.1, 0.15) is 24.8 Å². The van der Waals surface area contributed by atoms with Crippen molar-refractivity contribution >= 4 is 5.78 Å². The predicted molar refractivity (Wildman–Crippen MR) is 97.4 cm³/mol. The molecule has 2 aliphatic rings. The number of para-hydroxylation sites is 1. The van der Waals surface area contributed by atoms with E-state index in [9.17, 15) is 4.79 Å². The number of nitrogens with one attached hydrogen (secondary N) is 1. The molecule has 0 saturated carbocycles. The van der Waals surface area contributed by atoms with Crippen LogP contribution < -0.4 is 19.1 Å². The van der Waals surface area contributed by atoms with Crippen LogP contribution in [0.4, 0.5) is 0 Å². The van der Waals surface area contributed by atoms with Crippen LogP contribution >= 0.6 is 0 Å². The van der Waals surface area contributed by atoms with E-state index < -0.39 is 0 Å². The average Bonchev–Trinajstić information content (AvgIpc) is 2.69. The van der Waals surface area contributed by atoms with Crippen molar-refractivity contribution in [2.75, 3.05) is 33.9 Å². The molecule has 0 saturated heterocycles. The van der Waals surface area contributed by atoms with Crippen LogP contribution in [0.5, 0.6) is 17.2 Å². The zero-order valence-corrected chi connectivity index (χ0v) is 15.2. The van der Waals surface area contributed by atoms with Gasteiger partial charge in [-0.15, -0.1) is 0 Å². The lowest BCUT2D eigenvalue weighted by molar-refractivity contribution is -0.918. The maximum Gasteiger partial charge on any atom is 0.178 e. The molecule has 1 N–H and O–H groups in total. The van der Waals surface area contributed by atoms with Gasteiger partial charge in [0.15, 0.2) is 17.3 Å². The molecule has 26 heavy (non-hydrogen) atoms. The van der Waals surface area contributed by atoms with Crippen LogP contribution in [0.2, 0.25) is 0 Å². The summed E-state index contributed by atoms with van der Waals surface area (Å²) in [6.45, 7) is 3.16. The Morgan fingerprint density at radius 1 is 1.12 bits per heavy atom. The van der Waals surface area contributed by atoms with Crippen LogP contribution in [-0.4, -0.2) is 39.7 Å². The third-order valence-electron chi connectivity index (χ3n) is 5.39. The summed E-state index contributed by atoms with van der Waals surface area (Å²) < 4.78 is 16.7. The number of methoxy groups -OCH3 is 2. The van der Waals surface area contributed by atoms with Gasteiger partial charge in [-0.05, 0) is 29.8 Å². The van der Waals surface area contributed by atoms with Crippen LogP contribution in [0, 0.1) is 5.92 Å². The van der Waals surface area contributed by atoms with Gasteiger partial charge in [0.05, 0.1) is 32.9 Å². The lowest BCUT2D eigenvalue weighted by atomic mass is 9.93. The summed E-state index contributed by atoms with van der Waals surface area (Å²) in [6.07, 6.45) is 0.976. The van der Waals surface area contributed by atoms with E-state index in [1.54, 1.807) is 14.2 Å². The molecule has 0 radical (unpaired) electrons. The Balaban J connectivity index is 1.49. The van der Waals surface area contributed by atoms with Crippen LogP contribution in [0.25, 0.3) is 0 Å². The van der Waals surface area contributed by atoms with E-state index in [-0.39, 0.29) is 11.7 Å². The van der Waals surface area contributed by atoms with Crippen LogP contribution in [-0.2, 0) is 13.0 Å². The normalized spacial score (nSPS) is 21.4. The number of ether oxygens (including phenoxy) is 3. The Kier molecular flexibility index (Phi) is 4.55. The molecule has 2 heterocycles. The summed E-state index contributed by atoms with van der Waals surface area (Å²) in [5.74, 6) is 2.38. The highest BCUT2D eigenvalue weighted by Crippen LogP contribution is 2.31. The molecule has 0 aliphatic carbocycles. The number of benzene rings is 2. The number of carbonyl (C=O) groups excluding carboxylic acids is 1. The summed E-state index contributed by atoms with van der Waals surface area (Å²) in [6, 6.07) is 11.7. The summed E-state index contributed by atoms with van der Waals surface area (Å²) in [7, 11) is 3.32. The third-order valence-corrected chi connectivity index (χ3v) is 5.39. The minimum absolute atomic E-state index is 0.0819. The standard InChI is InChI=1S/C21H23NO4/c1-24-19-9-14-7-8-22(11-15(14)10-20(19)25-2)12-16-13-26-18-6-4-3-5-17(18)21(16)23/h3-6,9-10,16H,7-8,11-13H2,1-2H3/p+1/t16-/m0/s1. The first-order valence-corrected chi connectivity index (χ1v) is 9.03. The summed E-state index contributed by atoms with van der Waals surface area (Å²) in [5, 5.41) is 0. The van der Waals surface area contributed by atoms with Crippen molar-refractivity contribution in [3.05, 3.63) is 53.1 Å². The van der Waals surface area contributed by atoms with Crippen LogP contribution in [0.1, 0.15) is 21.5 Å². The van der Waals surface area contributed by atoms with Crippen molar-refractivity contribution < 1.29 is 23.9 Å². The van der Waals surface area contributed by atoms with Crippen molar-refractivity contribution in [1.29, 1.82) is 0 Å². The number of carbonyl (C=O) groups is 1. The van der Waals surface area contributed by atoms with E-state index in [2.05, 4.69) is 12.1 Å². The van der Waals surface area contributed by atoms with Gasteiger partial charge in [0, 0.05) is 12.0 Å². The fraction of sp³-hybridized carbons (Fsp3) is 0.381. The molecule has 0 amide bonds. The molecular formula is C21H24NO4+. The topological polar surface area (TPSA) is 49.2 Å². The Morgan fingerprint density at radius 2 is 1.85 bits per heavy atom. The highest BCUT2D eigenvalue weighted by molar-refractivity contribution is 6.01. The lowest BCUT2D eigenvalue weighted by Crippen LogP contribution is -3.12. The zero-order valence-electron chi connectivity index (χ0n) is 15.2. The molecule has 5 nitrogen and oxygen atoms in total. The smallest absolute Gasteiger partial charge is 0.178 e. The zero-order chi connectivity index (χ0) is 18.1. The molecule has 2 atom stereocenters. The highest BCUT2D eigenvalue weighted by atomic mass is 16.5. The van der Waals surface area contributed by atoms with E-state index in [1.165, 1.54) is 16.0 Å². The maximum absolute atomic E-state index is 12.8. The lowest BCUT2D eigenvalue weighted by Gasteiger charge is -2.31. The Morgan fingerprint density at radius 3 is 2.62 bits per heavy atom. The van der Waals surface area contributed by atoms with Gasteiger partial charge in [0.25, 0.3) is 0 Å². The molecule has 0 aromatic heterocycles. The largest absolute Gasteiger partial charge is 0.493 e. The maximum atomic E-state index is 12.8. The monoisotopic (exact) mass is 354 g/mol. The van der Waals surface area contributed by atoms with Gasteiger partial charge in [-0.2, -0.15) is 0 Å². The predicted octanol–water partition coefficient (Wildman–Crippen LogP) is 1.54. The van der Waals surface area contributed by atoms with Crippen molar-refractivity contribution in [3.8, 4) is 17.2 Å². The summed E-state index contributed by atoms with van der Waals surface area (Å²) in [5.41, 5.74) is 3.29. The van der Waals surface area contributed by atoms with Crippen molar-refractivity contribution in [2.24, 2.45) is 5.92 Å². The average molecular weight is 354 g/mol. The first-order chi connectivity index (χ1) is 12.7. The van der Waals surface area contributed by atoms with Gasteiger partial charge >= 0.3 is 0 Å². The Hall–Kier alpha value is -2.53. The number of hydrogen-bond acceptors (Lipinski definition) is 4. The number of ketones is 1. The van der Waals surface area contributed by atoms with Crippen molar-refractivity contribution in [2.45, 2.75) is 13.0 Å². The Bertz CT molecular complexity index is 833. The van der Waals surface area contributed by atoms with E-state index in [1.807, 2.05) is 24.3 Å². The minimum atomic E-state index is -0.0819. The van der Waals surface area contributed by atoms with E-state index in [0.717, 1.165) is 37.6 Å². The first-order valence-electron chi connectivity index (χ1n) is 9.03. The van der Waals surface area contributed by atoms with E-state index >= 15 is 0 Å². The minimum Gasteiger partial charge on any atom is -0.493 e. The molecule has 4 rings (SSSR count). The molecule has 2 aromatic carbocycles. The fourth-order valence-corrected chi connectivity index (χ4v) is 3.99. The van der Waals surface area contributed by atoms with Gasteiger partial charge in [0.2, 0.25) is 0 Å². The van der Waals surface area contributed by atoms with Gasteiger partial charge in [-0.1, -0.05) is 12.1 Å². The highest BCUT2D eigenvalue weighted by Gasteiger charge is 2.33. The second kappa shape index (κ2) is 7.00. The molecule has 2 aromatic rings. The van der Waals surface area contributed by atoms with Gasteiger partial charge < -0.3 is 19.1 Å². The molecule has 1 unspecified atom stereocenters. The SMILES string of the molecule is COc1cc2c(cc1OC)C[NH+](C[C@H]1COc3ccccc3C1=O)CC2. The quantitative estimate of drug-likeness (QED) is 0.905. The first kappa shape index (κ1) is 16.9. The van der Waals surface area contributed by atoms with Crippen LogP contribution in [0.15, 0.2) is 36.4 Å². The van der Waals surface area contributed by atoms with E-state index in [4.69, 9.17) is 14.2 Å². The molecule has 136 valence electrons. The molecule has 0 bridgehead atoms. The Labute approximate surface area is 153 Å². The molecule has 0 spiro atoms.